The minimum Gasteiger partial charge on any atom is -0.385 e. The van der Waals surface area contributed by atoms with Crippen LogP contribution in [-0.2, 0) is 11.3 Å². The Morgan fingerprint density at radius 3 is 2.50 bits per heavy atom. The minimum atomic E-state index is -0.614. The van der Waals surface area contributed by atoms with E-state index in [1.165, 1.54) is 13.0 Å². The van der Waals surface area contributed by atoms with Gasteiger partial charge in [-0.1, -0.05) is 0 Å². The van der Waals surface area contributed by atoms with Crippen LogP contribution in [-0.4, -0.2) is 33.1 Å². The molecule has 0 spiro atoms. The van der Waals surface area contributed by atoms with E-state index in [9.17, 15) is 20.2 Å². The lowest BCUT2D eigenvalue weighted by Gasteiger charge is -2.07. The second kappa shape index (κ2) is 6.06. The Morgan fingerprint density at radius 2 is 1.95 bits per heavy atom. The predicted molar refractivity (Wildman–Crippen MR) is 79.0 cm³/mol. The summed E-state index contributed by atoms with van der Waals surface area (Å²) in [5.74, 6) is 0.578. The SMILES string of the molecule is COCCCn1c(C)nc2c([N+](=O)[O-])c(C)c([N+](=O)[O-])cc21. The van der Waals surface area contributed by atoms with Gasteiger partial charge in [-0.2, -0.15) is 0 Å². The predicted octanol–water partition coefficient (Wildman–Crippen LogP) is 2.51. The van der Waals surface area contributed by atoms with Crippen LogP contribution in [0.4, 0.5) is 11.4 Å². The van der Waals surface area contributed by atoms with Crippen molar-refractivity contribution < 1.29 is 14.6 Å². The summed E-state index contributed by atoms with van der Waals surface area (Å²) >= 11 is 0. The molecule has 0 N–H and O–H groups in total. The highest BCUT2D eigenvalue weighted by Crippen LogP contribution is 2.35. The van der Waals surface area contributed by atoms with E-state index in [-0.39, 0.29) is 22.5 Å². The fraction of sp³-hybridized carbons (Fsp3) is 0.462. The van der Waals surface area contributed by atoms with Gasteiger partial charge in [-0.25, -0.2) is 4.98 Å². The molecule has 1 heterocycles. The lowest BCUT2D eigenvalue weighted by Crippen LogP contribution is -2.04. The van der Waals surface area contributed by atoms with Gasteiger partial charge in [0.25, 0.3) is 5.69 Å². The number of aryl methyl sites for hydroxylation is 2. The lowest BCUT2D eigenvalue weighted by atomic mass is 10.1. The number of ether oxygens (including phenoxy) is 1. The molecule has 22 heavy (non-hydrogen) atoms. The van der Waals surface area contributed by atoms with Gasteiger partial charge in [0.2, 0.25) is 0 Å². The number of fused-ring (bicyclic) bond motifs is 1. The van der Waals surface area contributed by atoms with Gasteiger partial charge in [-0.05, 0) is 20.3 Å². The van der Waals surface area contributed by atoms with Crippen molar-refractivity contribution in [3.8, 4) is 0 Å². The molecule has 0 saturated carbocycles. The molecule has 0 unspecified atom stereocenters. The topological polar surface area (TPSA) is 113 Å². The maximum absolute atomic E-state index is 11.3. The molecule has 1 aromatic carbocycles. The average molecular weight is 308 g/mol. The molecule has 0 aliphatic carbocycles. The van der Waals surface area contributed by atoms with Crippen molar-refractivity contribution in [3.63, 3.8) is 0 Å². The summed E-state index contributed by atoms with van der Waals surface area (Å²) in [5, 5.41) is 22.5. The molecule has 0 aliphatic rings. The van der Waals surface area contributed by atoms with Crippen molar-refractivity contribution in [1.29, 1.82) is 0 Å². The summed E-state index contributed by atoms with van der Waals surface area (Å²) in [6.07, 6.45) is 0.679. The fourth-order valence-corrected chi connectivity index (χ4v) is 2.50. The first-order valence-corrected chi connectivity index (χ1v) is 6.66. The Morgan fingerprint density at radius 1 is 1.27 bits per heavy atom. The van der Waals surface area contributed by atoms with Crippen molar-refractivity contribution in [2.45, 2.75) is 26.8 Å². The molecule has 1 aromatic heterocycles. The first-order valence-electron chi connectivity index (χ1n) is 6.66. The number of nitrogens with zero attached hydrogens (tertiary/aromatic N) is 4. The Balaban J connectivity index is 2.71. The molecule has 0 saturated heterocycles. The molecule has 2 aromatic rings. The third-order valence-electron chi connectivity index (χ3n) is 3.54. The first kappa shape index (κ1) is 15.8. The number of nitro benzene ring substituents is 2. The van der Waals surface area contributed by atoms with Gasteiger partial charge >= 0.3 is 5.69 Å². The largest absolute Gasteiger partial charge is 0.385 e. The lowest BCUT2D eigenvalue weighted by molar-refractivity contribution is -0.394. The summed E-state index contributed by atoms with van der Waals surface area (Å²) in [7, 11) is 1.58. The van der Waals surface area contributed by atoms with Crippen LogP contribution in [0, 0.1) is 34.1 Å². The average Bonchev–Trinajstić information content (AvgIpc) is 2.73. The van der Waals surface area contributed by atoms with Crippen LogP contribution in [0.1, 0.15) is 17.8 Å². The highest BCUT2D eigenvalue weighted by atomic mass is 16.6. The summed E-state index contributed by atoms with van der Waals surface area (Å²) in [4.78, 5) is 25.5. The van der Waals surface area contributed by atoms with Crippen LogP contribution in [0.3, 0.4) is 0 Å². The Bertz CT molecular complexity index is 753. The molecule has 2 rings (SSSR count). The standard InChI is InChI=1S/C13H16N4O5/c1-8-10(16(18)19)7-11-12(13(8)17(20)21)14-9(2)15(11)5-4-6-22-3/h7H,4-6H2,1-3H3. The van der Waals surface area contributed by atoms with Crippen molar-refractivity contribution in [1.82, 2.24) is 9.55 Å². The summed E-state index contributed by atoms with van der Waals surface area (Å²) < 4.78 is 6.73. The van der Waals surface area contributed by atoms with Crippen LogP contribution in [0.15, 0.2) is 6.07 Å². The van der Waals surface area contributed by atoms with Crippen molar-refractivity contribution in [2.24, 2.45) is 0 Å². The first-order chi connectivity index (χ1) is 10.4. The molecule has 0 atom stereocenters. The molecule has 9 heteroatoms. The number of hydrogen-bond acceptors (Lipinski definition) is 6. The molecular weight excluding hydrogens is 292 g/mol. The number of rotatable bonds is 6. The van der Waals surface area contributed by atoms with E-state index in [2.05, 4.69) is 4.98 Å². The quantitative estimate of drug-likeness (QED) is 0.460. The molecule has 0 aliphatic heterocycles. The van der Waals surface area contributed by atoms with Gasteiger partial charge in [0, 0.05) is 26.3 Å². The zero-order chi connectivity index (χ0) is 16.4. The zero-order valence-corrected chi connectivity index (χ0v) is 12.5. The van der Waals surface area contributed by atoms with Crippen LogP contribution in [0.2, 0.25) is 0 Å². The molecule has 0 amide bonds. The van der Waals surface area contributed by atoms with E-state index >= 15 is 0 Å². The minimum absolute atomic E-state index is 0.0176. The highest BCUT2D eigenvalue weighted by Gasteiger charge is 2.29. The van der Waals surface area contributed by atoms with Crippen molar-refractivity contribution >= 4 is 22.4 Å². The molecule has 0 bridgehead atoms. The zero-order valence-electron chi connectivity index (χ0n) is 12.5. The van der Waals surface area contributed by atoms with Crippen LogP contribution in [0.25, 0.3) is 11.0 Å². The molecular formula is C13H16N4O5. The van der Waals surface area contributed by atoms with Gasteiger partial charge in [0.15, 0.2) is 5.52 Å². The number of aromatic nitrogens is 2. The fourth-order valence-electron chi connectivity index (χ4n) is 2.50. The Kier molecular flexibility index (Phi) is 4.36. The number of nitro groups is 2. The third kappa shape index (κ3) is 2.62. The second-order valence-electron chi connectivity index (χ2n) is 4.91. The maximum Gasteiger partial charge on any atom is 0.306 e. The van der Waals surface area contributed by atoms with Crippen LogP contribution < -0.4 is 0 Å². The molecule has 0 radical (unpaired) electrons. The molecule has 9 nitrogen and oxygen atoms in total. The van der Waals surface area contributed by atoms with E-state index in [0.717, 1.165) is 0 Å². The molecule has 118 valence electrons. The van der Waals surface area contributed by atoms with Crippen molar-refractivity contribution in [2.75, 3.05) is 13.7 Å². The van der Waals surface area contributed by atoms with Gasteiger partial charge in [0.1, 0.15) is 11.4 Å². The normalized spacial score (nSPS) is 11.0. The summed E-state index contributed by atoms with van der Waals surface area (Å²) in [5.41, 5.74) is 0.0227. The second-order valence-corrected chi connectivity index (χ2v) is 4.91. The third-order valence-corrected chi connectivity index (χ3v) is 3.54. The number of methoxy groups -OCH3 is 1. The number of benzene rings is 1. The van der Waals surface area contributed by atoms with E-state index in [1.54, 1.807) is 18.6 Å². The number of hydrogen-bond donors (Lipinski definition) is 0. The molecule has 0 fully saturated rings. The van der Waals surface area contributed by atoms with Crippen LogP contribution >= 0.6 is 0 Å². The van der Waals surface area contributed by atoms with Gasteiger partial charge in [0.05, 0.1) is 15.4 Å². The van der Waals surface area contributed by atoms with E-state index in [0.29, 0.717) is 30.9 Å². The van der Waals surface area contributed by atoms with Crippen molar-refractivity contribution in [3.05, 3.63) is 37.7 Å². The Hall–Kier alpha value is -2.55. The van der Waals surface area contributed by atoms with Gasteiger partial charge < -0.3 is 9.30 Å². The summed E-state index contributed by atoms with van der Waals surface area (Å²) in [6.45, 7) is 4.13. The van der Waals surface area contributed by atoms with Gasteiger partial charge in [-0.3, -0.25) is 20.2 Å². The summed E-state index contributed by atoms with van der Waals surface area (Å²) in [6, 6.07) is 1.35. The van der Waals surface area contributed by atoms with E-state index in [4.69, 9.17) is 4.74 Å². The van der Waals surface area contributed by atoms with Gasteiger partial charge in [-0.15, -0.1) is 0 Å². The Labute approximate surface area is 125 Å². The monoisotopic (exact) mass is 308 g/mol. The van der Waals surface area contributed by atoms with E-state index in [1.807, 2.05) is 0 Å². The smallest absolute Gasteiger partial charge is 0.306 e. The van der Waals surface area contributed by atoms with E-state index < -0.39 is 9.85 Å². The maximum atomic E-state index is 11.3. The number of imidazole rings is 1. The highest BCUT2D eigenvalue weighted by molar-refractivity contribution is 5.90. The van der Waals surface area contributed by atoms with Crippen LogP contribution in [0.5, 0.6) is 0 Å².